The van der Waals surface area contributed by atoms with Crippen LogP contribution < -0.4 is 5.32 Å². The molecule has 0 bridgehead atoms. The lowest BCUT2D eigenvalue weighted by Gasteiger charge is -2.10. The number of furan rings is 1. The minimum atomic E-state index is -0.986. The molecule has 0 aliphatic carbocycles. The number of nitrogens with zero attached hydrogens (tertiary/aromatic N) is 1. The second-order valence-corrected chi connectivity index (χ2v) is 6.62. The molecule has 0 spiro atoms. The first kappa shape index (κ1) is 15.5. The molecule has 1 aliphatic rings. The summed E-state index contributed by atoms with van der Waals surface area (Å²) in [4.78, 5) is 22.9. The third-order valence-corrected chi connectivity index (χ3v) is 5.12. The number of rotatable bonds is 3. The highest BCUT2D eigenvalue weighted by Crippen LogP contribution is 2.42. The molecule has 0 saturated heterocycles. The number of hydrogen-bond donors (Lipinski definition) is 3. The average Bonchev–Trinajstić information content (AvgIpc) is 3.23. The summed E-state index contributed by atoms with van der Waals surface area (Å²) in [5.74, 6) is 1.05. The summed E-state index contributed by atoms with van der Waals surface area (Å²) >= 11 is 1.45. The van der Waals surface area contributed by atoms with E-state index < -0.39 is 5.97 Å². The van der Waals surface area contributed by atoms with E-state index in [0.29, 0.717) is 28.7 Å². The standard InChI is InChI=1S/C17H13N3O4S/c21-14-8-25-15(11-7-18-20-16(11)19-14)13-5-4-12(24-13)9-2-1-3-10(6-9)17(22)23/h1-7,15H,8H2,(H,22,23)(H2,18,19,20,21)/t15-/m0/s1. The highest BCUT2D eigenvalue weighted by Gasteiger charge is 2.28. The van der Waals surface area contributed by atoms with E-state index in [1.807, 2.05) is 6.07 Å². The molecule has 1 amide bonds. The molecular weight excluding hydrogens is 342 g/mol. The maximum Gasteiger partial charge on any atom is 0.335 e. The Morgan fingerprint density at radius 3 is 3.04 bits per heavy atom. The monoisotopic (exact) mass is 355 g/mol. The van der Waals surface area contributed by atoms with Gasteiger partial charge in [-0.05, 0) is 24.3 Å². The Kier molecular flexibility index (Phi) is 3.81. The number of hydrogen-bond acceptors (Lipinski definition) is 5. The Hall–Kier alpha value is -3.00. The van der Waals surface area contributed by atoms with Crippen LogP contribution in [0.2, 0.25) is 0 Å². The number of carboxylic acid groups (broad SMARTS) is 1. The summed E-state index contributed by atoms with van der Waals surface area (Å²) in [7, 11) is 0. The number of anilines is 1. The van der Waals surface area contributed by atoms with E-state index in [-0.39, 0.29) is 16.7 Å². The highest BCUT2D eigenvalue weighted by atomic mass is 32.2. The first-order chi connectivity index (χ1) is 12.1. The number of carboxylic acids is 1. The Balaban J connectivity index is 1.69. The third kappa shape index (κ3) is 2.91. The van der Waals surface area contributed by atoms with Gasteiger partial charge in [0.2, 0.25) is 5.91 Å². The Morgan fingerprint density at radius 2 is 2.20 bits per heavy atom. The van der Waals surface area contributed by atoms with Crippen LogP contribution in [0.3, 0.4) is 0 Å². The SMILES string of the molecule is O=C1CS[C@H](c2ccc(-c3cccc(C(=O)O)c3)o2)c2cn[nH]c2N1. The molecule has 2 aromatic heterocycles. The van der Waals surface area contributed by atoms with Gasteiger partial charge in [-0.15, -0.1) is 11.8 Å². The van der Waals surface area contributed by atoms with Crippen LogP contribution >= 0.6 is 11.8 Å². The van der Waals surface area contributed by atoms with Gasteiger partial charge in [0.05, 0.1) is 22.8 Å². The van der Waals surface area contributed by atoms with E-state index in [1.165, 1.54) is 17.8 Å². The number of H-pyrrole nitrogens is 1. The number of aromatic nitrogens is 2. The van der Waals surface area contributed by atoms with Crippen molar-refractivity contribution in [2.24, 2.45) is 0 Å². The predicted molar refractivity (Wildman–Crippen MR) is 92.6 cm³/mol. The molecule has 0 fully saturated rings. The van der Waals surface area contributed by atoms with Gasteiger partial charge in [0.25, 0.3) is 0 Å². The molecule has 0 saturated carbocycles. The number of benzene rings is 1. The van der Waals surface area contributed by atoms with Crippen LogP contribution in [0, 0.1) is 0 Å². The summed E-state index contributed by atoms with van der Waals surface area (Å²) in [6.07, 6.45) is 1.67. The number of nitrogens with one attached hydrogen (secondary N) is 2. The number of carbonyl (C=O) groups is 2. The van der Waals surface area contributed by atoms with Gasteiger partial charge in [-0.1, -0.05) is 12.1 Å². The summed E-state index contributed by atoms with van der Waals surface area (Å²) in [6, 6.07) is 10.2. The van der Waals surface area contributed by atoms with Crippen molar-refractivity contribution < 1.29 is 19.1 Å². The molecule has 3 aromatic rings. The Bertz CT molecular complexity index is 962. The quantitative estimate of drug-likeness (QED) is 0.666. The maximum absolute atomic E-state index is 11.8. The minimum absolute atomic E-state index is 0.0982. The first-order valence-electron chi connectivity index (χ1n) is 7.50. The van der Waals surface area contributed by atoms with Crippen molar-refractivity contribution >= 4 is 29.5 Å². The van der Waals surface area contributed by atoms with Crippen LogP contribution in [0.25, 0.3) is 11.3 Å². The van der Waals surface area contributed by atoms with Crippen LogP contribution in [0.4, 0.5) is 5.82 Å². The molecule has 25 heavy (non-hydrogen) atoms. The van der Waals surface area contributed by atoms with E-state index in [2.05, 4.69) is 15.5 Å². The van der Waals surface area contributed by atoms with Crippen LogP contribution in [-0.2, 0) is 4.79 Å². The topological polar surface area (TPSA) is 108 Å². The molecule has 1 atom stereocenters. The fourth-order valence-corrected chi connectivity index (χ4v) is 3.75. The normalized spacial score (nSPS) is 16.8. The lowest BCUT2D eigenvalue weighted by atomic mass is 10.1. The van der Waals surface area contributed by atoms with Crippen molar-refractivity contribution in [2.45, 2.75) is 5.25 Å². The second-order valence-electron chi connectivity index (χ2n) is 5.53. The molecule has 126 valence electrons. The van der Waals surface area contributed by atoms with Crippen molar-refractivity contribution in [3.05, 3.63) is 59.5 Å². The number of thioether (sulfide) groups is 1. The number of fused-ring (bicyclic) bond motifs is 1. The molecular formula is C17H13N3O4S. The third-order valence-electron chi connectivity index (χ3n) is 3.88. The van der Waals surface area contributed by atoms with Crippen molar-refractivity contribution in [1.82, 2.24) is 10.2 Å². The zero-order valence-electron chi connectivity index (χ0n) is 12.9. The zero-order chi connectivity index (χ0) is 17.4. The maximum atomic E-state index is 11.8. The number of amides is 1. The zero-order valence-corrected chi connectivity index (χ0v) is 13.7. The van der Waals surface area contributed by atoms with Crippen LogP contribution in [-0.4, -0.2) is 32.9 Å². The number of aromatic amines is 1. The molecule has 4 rings (SSSR count). The first-order valence-corrected chi connectivity index (χ1v) is 8.55. The van der Waals surface area contributed by atoms with Gasteiger partial charge in [0.1, 0.15) is 17.3 Å². The van der Waals surface area contributed by atoms with Gasteiger partial charge in [-0.2, -0.15) is 5.10 Å². The minimum Gasteiger partial charge on any atom is -0.478 e. The number of aromatic carboxylic acids is 1. The Labute approximate surface area is 146 Å². The van der Waals surface area contributed by atoms with Crippen molar-refractivity contribution in [1.29, 1.82) is 0 Å². The highest BCUT2D eigenvalue weighted by molar-refractivity contribution is 8.00. The van der Waals surface area contributed by atoms with E-state index in [1.54, 1.807) is 30.5 Å². The van der Waals surface area contributed by atoms with Crippen molar-refractivity contribution in [3.63, 3.8) is 0 Å². The fourth-order valence-electron chi connectivity index (χ4n) is 2.71. The van der Waals surface area contributed by atoms with Gasteiger partial charge < -0.3 is 14.8 Å². The van der Waals surface area contributed by atoms with Crippen molar-refractivity contribution in [2.75, 3.05) is 11.1 Å². The second kappa shape index (κ2) is 6.14. The molecule has 1 aliphatic heterocycles. The van der Waals surface area contributed by atoms with E-state index >= 15 is 0 Å². The van der Waals surface area contributed by atoms with Gasteiger partial charge in [-0.25, -0.2) is 4.79 Å². The summed E-state index contributed by atoms with van der Waals surface area (Å²) in [5, 5.41) is 18.5. The van der Waals surface area contributed by atoms with E-state index in [9.17, 15) is 9.59 Å². The van der Waals surface area contributed by atoms with Gasteiger partial charge in [0.15, 0.2) is 0 Å². The number of carbonyl (C=O) groups excluding carboxylic acids is 1. The predicted octanol–water partition coefficient (Wildman–Crippen LogP) is 3.14. The molecule has 0 radical (unpaired) electrons. The largest absolute Gasteiger partial charge is 0.478 e. The van der Waals surface area contributed by atoms with Gasteiger partial charge in [0, 0.05) is 11.1 Å². The van der Waals surface area contributed by atoms with Gasteiger partial charge in [-0.3, -0.25) is 9.89 Å². The molecule has 8 heteroatoms. The summed E-state index contributed by atoms with van der Waals surface area (Å²) in [6.45, 7) is 0. The average molecular weight is 355 g/mol. The van der Waals surface area contributed by atoms with Crippen LogP contribution in [0.5, 0.6) is 0 Å². The lowest BCUT2D eigenvalue weighted by molar-refractivity contribution is -0.113. The fraction of sp³-hybridized carbons (Fsp3) is 0.118. The van der Waals surface area contributed by atoms with E-state index in [0.717, 1.165) is 5.56 Å². The molecule has 7 nitrogen and oxygen atoms in total. The summed E-state index contributed by atoms with van der Waals surface area (Å²) < 4.78 is 5.97. The molecule has 1 aromatic carbocycles. The lowest BCUT2D eigenvalue weighted by Crippen LogP contribution is -2.12. The molecule has 3 N–H and O–H groups in total. The van der Waals surface area contributed by atoms with Gasteiger partial charge >= 0.3 is 5.97 Å². The Morgan fingerprint density at radius 1 is 1.32 bits per heavy atom. The van der Waals surface area contributed by atoms with Crippen LogP contribution in [0.1, 0.15) is 26.9 Å². The van der Waals surface area contributed by atoms with E-state index in [4.69, 9.17) is 9.52 Å². The molecule has 3 heterocycles. The van der Waals surface area contributed by atoms with Crippen LogP contribution in [0.15, 0.2) is 47.0 Å². The summed E-state index contributed by atoms with van der Waals surface area (Å²) in [5.41, 5.74) is 1.73. The van der Waals surface area contributed by atoms with Crippen molar-refractivity contribution in [3.8, 4) is 11.3 Å². The molecule has 0 unspecified atom stereocenters. The smallest absolute Gasteiger partial charge is 0.335 e.